The summed E-state index contributed by atoms with van der Waals surface area (Å²) in [4.78, 5) is 35.1. The van der Waals surface area contributed by atoms with Crippen molar-refractivity contribution in [2.24, 2.45) is 0 Å². The standard InChI is InChI=1S/C22H21N3O4/c1-15(26)24-18-8-4-16(5-9-18)13-21(27)23-14-17-6-10-19(11-7-17)25-22(28)20-3-2-12-29-20/h2-12H,13-14H2,1H3,(H,23,27)(H,24,26)(H,25,28). The molecule has 3 amide bonds. The van der Waals surface area contributed by atoms with E-state index in [1.54, 1.807) is 48.5 Å². The topological polar surface area (TPSA) is 100 Å². The number of hydrogen-bond acceptors (Lipinski definition) is 4. The fraction of sp³-hybridized carbons (Fsp3) is 0.136. The first-order valence-corrected chi connectivity index (χ1v) is 9.06. The van der Waals surface area contributed by atoms with Crippen molar-refractivity contribution in [3.63, 3.8) is 0 Å². The molecule has 2 aromatic carbocycles. The lowest BCUT2D eigenvalue weighted by molar-refractivity contribution is -0.120. The van der Waals surface area contributed by atoms with Gasteiger partial charge in [0.2, 0.25) is 11.8 Å². The SMILES string of the molecule is CC(=O)Nc1ccc(CC(=O)NCc2ccc(NC(=O)c3ccco3)cc2)cc1. The number of carbonyl (C=O) groups is 3. The molecular weight excluding hydrogens is 370 g/mol. The molecular formula is C22H21N3O4. The summed E-state index contributed by atoms with van der Waals surface area (Å²) in [6, 6.07) is 17.6. The molecule has 0 spiro atoms. The van der Waals surface area contributed by atoms with Gasteiger partial charge in [-0.2, -0.15) is 0 Å². The summed E-state index contributed by atoms with van der Waals surface area (Å²) < 4.78 is 5.05. The normalized spacial score (nSPS) is 10.2. The monoisotopic (exact) mass is 391 g/mol. The molecule has 0 saturated heterocycles. The maximum Gasteiger partial charge on any atom is 0.291 e. The Bertz CT molecular complexity index is 978. The third-order valence-corrected chi connectivity index (χ3v) is 4.09. The fourth-order valence-electron chi connectivity index (χ4n) is 2.66. The lowest BCUT2D eigenvalue weighted by Gasteiger charge is -2.08. The average molecular weight is 391 g/mol. The van der Waals surface area contributed by atoms with Crippen LogP contribution in [-0.2, 0) is 22.6 Å². The highest BCUT2D eigenvalue weighted by molar-refractivity contribution is 6.02. The predicted octanol–water partition coefficient (Wildman–Crippen LogP) is 3.35. The van der Waals surface area contributed by atoms with Crippen LogP contribution in [0.2, 0.25) is 0 Å². The Morgan fingerprint density at radius 2 is 1.45 bits per heavy atom. The first-order chi connectivity index (χ1) is 14.0. The first kappa shape index (κ1) is 19.9. The van der Waals surface area contributed by atoms with Crippen LogP contribution < -0.4 is 16.0 Å². The summed E-state index contributed by atoms with van der Waals surface area (Å²) in [7, 11) is 0. The first-order valence-electron chi connectivity index (χ1n) is 9.06. The van der Waals surface area contributed by atoms with E-state index in [1.807, 2.05) is 12.1 Å². The van der Waals surface area contributed by atoms with Gasteiger partial charge in [0.05, 0.1) is 12.7 Å². The van der Waals surface area contributed by atoms with Gasteiger partial charge in [-0.25, -0.2) is 0 Å². The van der Waals surface area contributed by atoms with Gasteiger partial charge in [0.25, 0.3) is 5.91 Å². The van der Waals surface area contributed by atoms with Gasteiger partial charge in [0.15, 0.2) is 5.76 Å². The van der Waals surface area contributed by atoms with E-state index in [9.17, 15) is 14.4 Å². The molecule has 7 nitrogen and oxygen atoms in total. The lowest BCUT2D eigenvalue weighted by Crippen LogP contribution is -2.24. The Hall–Kier alpha value is -3.87. The molecule has 0 saturated carbocycles. The van der Waals surface area contributed by atoms with Crippen LogP contribution in [0.4, 0.5) is 11.4 Å². The summed E-state index contributed by atoms with van der Waals surface area (Å²) in [6.07, 6.45) is 1.69. The molecule has 3 aromatic rings. The summed E-state index contributed by atoms with van der Waals surface area (Å²) in [5.74, 6) is -0.318. The van der Waals surface area contributed by atoms with Gasteiger partial charge < -0.3 is 20.4 Å². The largest absolute Gasteiger partial charge is 0.459 e. The van der Waals surface area contributed by atoms with Crippen LogP contribution in [0, 0.1) is 0 Å². The van der Waals surface area contributed by atoms with Crippen molar-refractivity contribution in [2.45, 2.75) is 19.9 Å². The van der Waals surface area contributed by atoms with Crippen molar-refractivity contribution in [3.05, 3.63) is 83.8 Å². The van der Waals surface area contributed by atoms with Crippen molar-refractivity contribution < 1.29 is 18.8 Å². The van der Waals surface area contributed by atoms with E-state index in [4.69, 9.17) is 4.42 Å². The number of anilines is 2. The van der Waals surface area contributed by atoms with Crippen LogP contribution in [0.3, 0.4) is 0 Å². The third kappa shape index (κ3) is 6.07. The number of hydrogen-bond donors (Lipinski definition) is 3. The van der Waals surface area contributed by atoms with Crippen molar-refractivity contribution in [1.82, 2.24) is 5.32 Å². The minimum absolute atomic E-state index is 0.104. The average Bonchev–Trinajstić information content (AvgIpc) is 3.24. The van der Waals surface area contributed by atoms with E-state index >= 15 is 0 Å². The molecule has 29 heavy (non-hydrogen) atoms. The number of carbonyl (C=O) groups excluding carboxylic acids is 3. The third-order valence-electron chi connectivity index (χ3n) is 4.09. The second kappa shape index (κ2) is 9.36. The molecule has 3 rings (SSSR count). The van der Waals surface area contributed by atoms with Crippen LogP contribution in [0.5, 0.6) is 0 Å². The van der Waals surface area contributed by atoms with Crippen LogP contribution >= 0.6 is 0 Å². The van der Waals surface area contributed by atoms with Gasteiger partial charge in [-0.1, -0.05) is 24.3 Å². The van der Waals surface area contributed by atoms with Crippen molar-refractivity contribution in [1.29, 1.82) is 0 Å². The van der Waals surface area contributed by atoms with E-state index in [0.717, 1.165) is 11.1 Å². The molecule has 0 radical (unpaired) electrons. The van der Waals surface area contributed by atoms with Gasteiger partial charge in [-0.05, 0) is 47.5 Å². The zero-order valence-corrected chi connectivity index (χ0v) is 15.9. The fourth-order valence-corrected chi connectivity index (χ4v) is 2.66. The van der Waals surface area contributed by atoms with Gasteiger partial charge >= 0.3 is 0 Å². The molecule has 3 N–H and O–H groups in total. The Morgan fingerprint density at radius 3 is 2.03 bits per heavy atom. The molecule has 0 aliphatic heterocycles. The maximum atomic E-state index is 12.1. The Morgan fingerprint density at radius 1 is 0.828 bits per heavy atom. The van der Waals surface area contributed by atoms with Crippen LogP contribution in [0.15, 0.2) is 71.3 Å². The highest BCUT2D eigenvalue weighted by atomic mass is 16.3. The zero-order valence-electron chi connectivity index (χ0n) is 15.9. The molecule has 0 aliphatic rings. The molecule has 0 fully saturated rings. The van der Waals surface area contributed by atoms with E-state index in [1.165, 1.54) is 13.2 Å². The zero-order chi connectivity index (χ0) is 20.6. The Balaban J connectivity index is 1.46. The van der Waals surface area contributed by atoms with E-state index in [2.05, 4.69) is 16.0 Å². The Kier molecular flexibility index (Phi) is 6.42. The predicted molar refractivity (Wildman–Crippen MR) is 109 cm³/mol. The minimum atomic E-state index is -0.319. The lowest BCUT2D eigenvalue weighted by atomic mass is 10.1. The number of benzene rings is 2. The molecule has 0 atom stereocenters. The highest BCUT2D eigenvalue weighted by Crippen LogP contribution is 2.13. The number of amides is 3. The number of rotatable bonds is 7. The maximum absolute atomic E-state index is 12.1. The van der Waals surface area contributed by atoms with Gasteiger partial charge in [0, 0.05) is 24.8 Å². The van der Waals surface area contributed by atoms with Crippen molar-refractivity contribution in [2.75, 3.05) is 10.6 Å². The van der Waals surface area contributed by atoms with Gasteiger partial charge in [-0.3, -0.25) is 14.4 Å². The van der Waals surface area contributed by atoms with Crippen LogP contribution in [0.25, 0.3) is 0 Å². The molecule has 148 valence electrons. The number of nitrogens with one attached hydrogen (secondary N) is 3. The van der Waals surface area contributed by atoms with Gasteiger partial charge in [-0.15, -0.1) is 0 Å². The van der Waals surface area contributed by atoms with E-state index < -0.39 is 0 Å². The minimum Gasteiger partial charge on any atom is -0.459 e. The van der Waals surface area contributed by atoms with Gasteiger partial charge in [0.1, 0.15) is 0 Å². The molecule has 7 heteroatoms. The van der Waals surface area contributed by atoms with Crippen LogP contribution in [0.1, 0.15) is 28.6 Å². The summed E-state index contributed by atoms with van der Waals surface area (Å²) >= 11 is 0. The summed E-state index contributed by atoms with van der Waals surface area (Å²) in [5, 5.41) is 8.29. The van der Waals surface area contributed by atoms with Crippen molar-refractivity contribution in [3.8, 4) is 0 Å². The second-order valence-corrected chi connectivity index (χ2v) is 6.46. The van der Waals surface area contributed by atoms with E-state index in [-0.39, 0.29) is 29.9 Å². The van der Waals surface area contributed by atoms with Crippen LogP contribution in [-0.4, -0.2) is 17.7 Å². The van der Waals surface area contributed by atoms with Crippen molar-refractivity contribution >= 4 is 29.1 Å². The Labute approximate surface area is 168 Å². The second-order valence-electron chi connectivity index (χ2n) is 6.46. The smallest absolute Gasteiger partial charge is 0.291 e. The highest BCUT2D eigenvalue weighted by Gasteiger charge is 2.09. The summed E-state index contributed by atoms with van der Waals surface area (Å²) in [5.41, 5.74) is 3.10. The summed E-state index contributed by atoms with van der Waals surface area (Å²) in [6.45, 7) is 1.83. The molecule has 0 aliphatic carbocycles. The van der Waals surface area contributed by atoms with E-state index in [0.29, 0.717) is 17.9 Å². The molecule has 1 heterocycles. The molecule has 1 aromatic heterocycles. The molecule has 0 bridgehead atoms. The molecule has 0 unspecified atom stereocenters. The number of furan rings is 1. The quantitative estimate of drug-likeness (QED) is 0.575.